The summed E-state index contributed by atoms with van der Waals surface area (Å²) < 4.78 is 28.2. The summed E-state index contributed by atoms with van der Waals surface area (Å²) in [5.74, 6) is -0.504. The molecule has 0 saturated carbocycles. The van der Waals surface area contributed by atoms with Crippen LogP contribution in [0.2, 0.25) is 0 Å². The number of nitrogens with zero attached hydrogens (tertiary/aromatic N) is 2. The zero-order valence-corrected chi connectivity index (χ0v) is 17.2. The molecule has 2 heterocycles. The monoisotopic (exact) mass is 418 g/mol. The van der Waals surface area contributed by atoms with Crippen molar-refractivity contribution in [2.45, 2.75) is 24.2 Å². The van der Waals surface area contributed by atoms with Crippen LogP contribution in [-0.4, -0.2) is 55.3 Å². The fourth-order valence-corrected chi connectivity index (χ4v) is 4.88. The van der Waals surface area contributed by atoms with Crippen LogP contribution in [0, 0.1) is 0 Å². The topological polar surface area (TPSA) is 101 Å². The van der Waals surface area contributed by atoms with Gasteiger partial charge in [0.2, 0.25) is 15.9 Å². The number of benzene rings is 1. The van der Waals surface area contributed by atoms with Crippen molar-refractivity contribution in [1.29, 1.82) is 0 Å². The van der Waals surface area contributed by atoms with Gasteiger partial charge >= 0.3 is 0 Å². The molecule has 2 N–H and O–H groups in total. The van der Waals surface area contributed by atoms with Crippen molar-refractivity contribution in [3.63, 3.8) is 0 Å². The summed E-state index contributed by atoms with van der Waals surface area (Å²) in [6.07, 6.45) is 3.46. The van der Waals surface area contributed by atoms with Gasteiger partial charge in [0.05, 0.1) is 6.42 Å². The molecule has 1 aromatic carbocycles. The molecule has 0 unspecified atom stereocenters. The van der Waals surface area contributed by atoms with Crippen LogP contribution in [0.15, 0.2) is 47.5 Å². The van der Waals surface area contributed by atoms with Crippen molar-refractivity contribution >= 4 is 21.8 Å². The Bertz CT molecular complexity index is 964. The van der Waals surface area contributed by atoms with Crippen LogP contribution in [0.4, 0.5) is 0 Å². The number of aromatic nitrogens is 1. The molecular weight excluding hydrogens is 392 g/mol. The second-order valence-corrected chi connectivity index (χ2v) is 8.99. The molecule has 156 valence electrons. The van der Waals surface area contributed by atoms with Crippen molar-refractivity contribution in [2.24, 2.45) is 7.05 Å². The summed E-state index contributed by atoms with van der Waals surface area (Å²) in [6, 6.07) is 10.8. The third-order valence-corrected chi connectivity index (χ3v) is 6.72. The second kappa shape index (κ2) is 9.23. The number of rotatable bonds is 8. The van der Waals surface area contributed by atoms with Gasteiger partial charge in [-0.1, -0.05) is 30.3 Å². The summed E-state index contributed by atoms with van der Waals surface area (Å²) in [5, 5.41) is 5.47. The smallest absolute Gasteiger partial charge is 0.268 e. The first kappa shape index (κ1) is 21.1. The first-order valence-corrected chi connectivity index (χ1v) is 11.1. The van der Waals surface area contributed by atoms with Crippen LogP contribution in [0.3, 0.4) is 0 Å². The first-order valence-electron chi connectivity index (χ1n) is 9.63. The Balaban J connectivity index is 1.49. The normalized spacial score (nSPS) is 14.7. The van der Waals surface area contributed by atoms with Gasteiger partial charge in [0.25, 0.3) is 5.91 Å². The SMILES string of the molecule is Cn1cc(S(=O)(=O)N2CCCC2)cc1C(=O)NCCNC(=O)Cc1ccccc1. The minimum Gasteiger partial charge on any atom is -0.354 e. The summed E-state index contributed by atoms with van der Waals surface area (Å²) in [5.41, 5.74) is 1.18. The fraction of sp³-hybridized carbons (Fsp3) is 0.400. The van der Waals surface area contributed by atoms with Crippen LogP contribution in [-0.2, 0) is 28.3 Å². The quantitative estimate of drug-likeness (QED) is 0.622. The maximum Gasteiger partial charge on any atom is 0.268 e. The number of carbonyl (C=O) groups is 2. The average molecular weight is 419 g/mol. The second-order valence-electron chi connectivity index (χ2n) is 7.05. The highest BCUT2D eigenvalue weighted by atomic mass is 32.2. The van der Waals surface area contributed by atoms with Crippen molar-refractivity contribution in [3.05, 3.63) is 53.9 Å². The Morgan fingerprint density at radius 2 is 1.69 bits per heavy atom. The Kier molecular flexibility index (Phi) is 6.71. The molecule has 0 aliphatic carbocycles. The van der Waals surface area contributed by atoms with E-state index in [0.29, 0.717) is 19.6 Å². The van der Waals surface area contributed by atoms with E-state index in [9.17, 15) is 18.0 Å². The molecule has 1 aromatic heterocycles. The lowest BCUT2D eigenvalue weighted by atomic mass is 10.1. The van der Waals surface area contributed by atoms with E-state index in [0.717, 1.165) is 18.4 Å². The molecule has 0 spiro atoms. The molecule has 3 rings (SSSR count). The van der Waals surface area contributed by atoms with Crippen molar-refractivity contribution < 1.29 is 18.0 Å². The van der Waals surface area contributed by atoms with Crippen molar-refractivity contribution in [2.75, 3.05) is 26.2 Å². The third-order valence-electron chi connectivity index (χ3n) is 4.86. The van der Waals surface area contributed by atoms with E-state index in [2.05, 4.69) is 10.6 Å². The number of carbonyl (C=O) groups excluding carboxylic acids is 2. The molecule has 0 atom stereocenters. The molecule has 1 fully saturated rings. The van der Waals surface area contributed by atoms with E-state index >= 15 is 0 Å². The molecule has 29 heavy (non-hydrogen) atoms. The van der Waals surface area contributed by atoms with Gasteiger partial charge in [-0.15, -0.1) is 0 Å². The zero-order valence-electron chi connectivity index (χ0n) is 16.4. The number of amides is 2. The van der Waals surface area contributed by atoms with Gasteiger partial charge < -0.3 is 15.2 Å². The predicted molar refractivity (Wildman–Crippen MR) is 109 cm³/mol. The molecule has 0 bridgehead atoms. The van der Waals surface area contributed by atoms with Gasteiger partial charge in [-0.25, -0.2) is 8.42 Å². The first-order chi connectivity index (χ1) is 13.9. The minimum atomic E-state index is -3.56. The lowest BCUT2D eigenvalue weighted by Gasteiger charge is -2.13. The fourth-order valence-electron chi connectivity index (χ4n) is 3.29. The van der Waals surface area contributed by atoms with Gasteiger partial charge in [-0.3, -0.25) is 9.59 Å². The summed E-state index contributed by atoms with van der Waals surface area (Å²) in [4.78, 5) is 24.5. The van der Waals surface area contributed by atoms with Gasteiger partial charge in [0.15, 0.2) is 0 Å². The number of nitrogens with one attached hydrogen (secondary N) is 2. The van der Waals surface area contributed by atoms with Crippen LogP contribution >= 0.6 is 0 Å². The summed E-state index contributed by atoms with van der Waals surface area (Å²) >= 11 is 0. The van der Waals surface area contributed by atoms with Crippen molar-refractivity contribution in [1.82, 2.24) is 19.5 Å². The molecule has 2 amide bonds. The predicted octanol–water partition coefficient (Wildman–Crippen LogP) is 0.898. The van der Waals surface area contributed by atoms with Crippen LogP contribution in [0.25, 0.3) is 0 Å². The highest BCUT2D eigenvalue weighted by molar-refractivity contribution is 7.89. The molecule has 1 aliphatic rings. The summed E-state index contributed by atoms with van der Waals surface area (Å²) in [7, 11) is -1.93. The van der Waals surface area contributed by atoms with E-state index in [-0.39, 0.29) is 35.4 Å². The molecule has 0 radical (unpaired) electrons. The number of hydrogen-bond acceptors (Lipinski definition) is 4. The molecular formula is C20H26N4O4S. The Morgan fingerprint density at radius 1 is 1.03 bits per heavy atom. The van der Waals surface area contributed by atoms with Crippen LogP contribution in [0.5, 0.6) is 0 Å². The standard InChI is InChI=1S/C20H26N4O4S/c1-23-15-17(29(27,28)24-11-5-6-12-24)14-18(23)20(26)22-10-9-21-19(25)13-16-7-3-2-4-8-16/h2-4,7-8,14-15H,5-6,9-13H2,1H3,(H,21,25)(H,22,26). The highest BCUT2D eigenvalue weighted by Crippen LogP contribution is 2.22. The zero-order chi connectivity index (χ0) is 20.9. The molecule has 8 nitrogen and oxygen atoms in total. The van der Waals surface area contributed by atoms with Gasteiger partial charge in [-0.05, 0) is 24.5 Å². The summed E-state index contributed by atoms with van der Waals surface area (Å²) in [6.45, 7) is 1.57. The van der Waals surface area contributed by atoms with E-state index in [1.165, 1.54) is 21.1 Å². The minimum absolute atomic E-state index is 0.122. The third kappa shape index (κ3) is 5.24. The number of aryl methyl sites for hydroxylation is 1. The van der Waals surface area contributed by atoms with Gasteiger partial charge in [-0.2, -0.15) is 4.31 Å². The van der Waals surface area contributed by atoms with Crippen molar-refractivity contribution in [3.8, 4) is 0 Å². The molecule has 1 aliphatic heterocycles. The van der Waals surface area contributed by atoms with Gasteiger partial charge in [0, 0.05) is 39.4 Å². The Morgan fingerprint density at radius 3 is 2.38 bits per heavy atom. The van der Waals surface area contributed by atoms with Gasteiger partial charge in [0.1, 0.15) is 10.6 Å². The average Bonchev–Trinajstić information content (AvgIpc) is 3.36. The lowest BCUT2D eigenvalue weighted by molar-refractivity contribution is -0.120. The van der Waals surface area contributed by atoms with Crippen LogP contribution in [0.1, 0.15) is 28.9 Å². The Labute approximate surface area is 170 Å². The largest absolute Gasteiger partial charge is 0.354 e. The van der Waals surface area contributed by atoms with E-state index in [1.54, 1.807) is 7.05 Å². The molecule has 9 heteroatoms. The van der Waals surface area contributed by atoms with Crippen LogP contribution < -0.4 is 10.6 Å². The highest BCUT2D eigenvalue weighted by Gasteiger charge is 2.29. The lowest BCUT2D eigenvalue weighted by Crippen LogP contribution is -2.35. The number of sulfonamides is 1. The maximum absolute atomic E-state index is 12.6. The Hall–Kier alpha value is -2.65. The number of hydrogen-bond donors (Lipinski definition) is 2. The molecule has 1 saturated heterocycles. The van der Waals surface area contributed by atoms with E-state index in [1.807, 2.05) is 30.3 Å². The molecule has 2 aromatic rings. The maximum atomic E-state index is 12.6. The van der Waals surface area contributed by atoms with E-state index < -0.39 is 10.0 Å². The van der Waals surface area contributed by atoms with E-state index in [4.69, 9.17) is 0 Å².